The number of aromatic nitrogens is 5. The van der Waals surface area contributed by atoms with Gasteiger partial charge in [0.15, 0.2) is 5.96 Å². The predicted molar refractivity (Wildman–Crippen MR) is 93.5 cm³/mol. The van der Waals surface area contributed by atoms with Crippen LogP contribution < -0.4 is 5.32 Å². The topological polar surface area (TPSA) is 79.4 Å². The largest absolute Gasteiger partial charge is 0.354 e. The average Bonchev–Trinajstić information content (AvgIpc) is 3.12. The van der Waals surface area contributed by atoms with Crippen LogP contribution in [0.3, 0.4) is 0 Å². The molecular formula is C15H27N9. The normalized spacial score (nSPS) is 13.4. The molecule has 1 atom stereocenters. The summed E-state index contributed by atoms with van der Waals surface area (Å²) in [5.41, 5.74) is 1.17. The van der Waals surface area contributed by atoms with Crippen LogP contribution in [0.2, 0.25) is 0 Å². The highest BCUT2D eigenvalue weighted by atomic mass is 15.4. The first kappa shape index (κ1) is 17.9. The van der Waals surface area contributed by atoms with Crippen LogP contribution in [0.15, 0.2) is 23.7 Å². The summed E-state index contributed by atoms with van der Waals surface area (Å²) >= 11 is 0. The van der Waals surface area contributed by atoms with Crippen LogP contribution >= 0.6 is 0 Å². The molecule has 0 saturated carbocycles. The Morgan fingerprint density at radius 2 is 2.04 bits per heavy atom. The third-order valence-corrected chi connectivity index (χ3v) is 3.94. The number of nitrogens with one attached hydrogen (secondary N) is 1. The number of nitrogens with zero attached hydrogens (tertiary/aromatic N) is 8. The van der Waals surface area contributed by atoms with Gasteiger partial charge in [-0.3, -0.25) is 14.4 Å². The fourth-order valence-electron chi connectivity index (χ4n) is 2.53. The van der Waals surface area contributed by atoms with E-state index in [1.165, 1.54) is 5.56 Å². The van der Waals surface area contributed by atoms with Crippen molar-refractivity contribution in [3.05, 3.63) is 30.1 Å². The van der Waals surface area contributed by atoms with Crippen LogP contribution in [0, 0.1) is 0 Å². The maximum Gasteiger partial charge on any atom is 0.193 e. The molecule has 1 N–H and O–H groups in total. The van der Waals surface area contributed by atoms with E-state index in [4.69, 9.17) is 0 Å². The Labute approximate surface area is 143 Å². The monoisotopic (exact) mass is 333 g/mol. The predicted octanol–water partition coefficient (Wildman–Crippen LogP) is -0.141. The Kier molecular flexibility index (Phi) is 5.91. The molecule has 0 aliphatic rings. The summed E-state index contributed by atoms with van der Waals surface area (Å²) in [5, 5.41) is 11.8. The lowest BCUT2D eigenvalue weighted by Gasteiger charge is -2.27. The van der Waals surface area contributed by atoms with Gasteiger partial charge in [-0.2, -0.15) is 10.2 Å². The van der Waals surface area contributed by atoms with Gasteiger partial charge in [0, 0.05) is 46.5 Å². The maximum absolute atomic E-state index is 4.36. The van der Waals surface area contributed by atoms with Crippen LogP contribution in [0.5, 0.6) is 0 Å². The molecule has 132 valence electrons. The molecule has 0 amide bonds. The number of rotatable bonds is 6. The molecule has 24 heavy (non-hydrogen) atoms. The lowest BCUT2D eigenvalue weighted by Crippen LogP contribution is -2.42. The van der Waals surface area contributed by atoms with E-state index in [0.717, 1.165) is 18.3 Å². The molecule has 0 saturated heterocycles. The molecule has 9 heteroatoms. The number of aryl methyl sites for hydroxylation is 2. The second kappa shape index (κ2) is 7.91. The summed E-state index contributed by atoms with van der Waals surface area (Å²) in [7, 11) is 11.7. The third kappa shape index (κ3) is 4.31. The molecular weight excluding hydrogens is 306 g/mol. The molecule has 1 unspecified atom stereocenters. The van der Waals surface area contributed by atoms with Crippen LogP contribution in [0.4, 0.5) is 0 Å². The van der Waals surface area contributed by atoms with Gasteiger partial charge in [-0.15, -0.1) is 0 Å². The van der Waals surface area contributed by atoms with Gasteiger partial charge >= 0.3 is 0 Å². The van der Waals surface area contributed by atoms with E-state index in [-0.39, 0.29) is 6.04 Å². The Hall–Kier alpha value is -2.42. The Balaban J connectivity index is 2.00. The minimum atomic E-state index is 0.207. The van der Waals surface area contributed by atoms with Gasteiger partial charge in [-0.25, -0.2) is 4.98 Å². The molecule has 0 aliphatic carbocycles. The van der Waals surface area contributed by atoms with Crippen molar-refractivity contribution in [3.8, 4) is 0 Å². The zero-order valence-electron chi connectivity index (χ0n) is 15.3. The summed E-state index contributed by atoms with van der Waals surface area (Å²) in [6.45, 7) is 1.37. The molecule has 0 aromatic carbocycles. The summed E-state index contributed by atoms with van der Waals surface area (Å²) in [4.78, 5) is 12.8. The SMILES string of the molecule is CN=C(NCC(c1cnn(C)c1)N(C)C)N(C)Cc1ncnn1C. The third-order valence-electron chi connectivity index (χ3n) is 3.94. The van der Waals surface area contributed by atoms with E-state index in [2.05, 4.69) is 44.5 Å². The highest BCUT2D eigenvalue weighted by molar-refractivity contribution is 5.79. The summed E-state index contributed by atoms with van der Waals surface area (Å²) in [5.74, 6) is 1.70. The second-order valence-corrected chi connectivity index (χ2v) is 6.01. The van der Waals surface area contributed by atoms with Crippen molar-refractivity contribution in [3.63, 3.8) is 0 Å². The van der Waals surface area contributed by atoms with E-state index >= 15 is 0 Å². The molecule has 0 aliphatic heterocycles. The zero-order chi connectivity index (χ0) is 17.7. The molecule has 9 nitrogen and oxygen atoms in total. The van der Waals surface area contributed by atoms with Gasteiger partial charge < -0.3 is 15.1 Å². The van der Waals surface area contributed by atoms with Crippen LogP contribution in [-0.2, 0) is 20.6 Å². The highest BCUT2D eigenvalue weighted by Gasteiger charge is 2.18. The van der Waals surface area contributed by atoms with Crippen molar-refractivity contribution in [2.45, 2.75) is 12.6 Å². The fourth-order valence-corrected chi connectivity index (χ4v) is 2.53. The Morgan fingerprint density at radius 1 is 1.29 bits per heavy atom. The van der Waals surface area contributed by atoms with E-state index in [9.17, 15) is 0 Å². The molecule has 2 rings (SSSR count). The lowest BCUT2D eigenvalue weighted by atomic mass is 10.1. The van der Waals surface area contributed by atoms with Crippen molar-refractivity contribution in [2.24, 2.45) is 19.1 Å². The van der Waals surface area contributed by atoms with Gasteiger partial charge in [0.05, 0.1) is 18.8 Å². The van der Waals surface area contributed by atoms with Gasteiger partial charge in [0.1, 0.15) is 12.2 Å². The van der Waals surface area contributed by atoms with Gasteiger partial charge in [-0.1, -0.05) is 0 Å². The first-order chi connectivity index (χ1) is 11.4. The van der Waals surface area contributed by atoms with Gasteiger partial charge in [0.25, 0.3) is 0 Å². The molecule has 2 aromatic rings. The quantitative estimate of drug-likeness (QED) is 0.585. The van der Waals surface area contributed by atoms with Crippen molar-refractivity contribution in [2.75, 3.05) is 34.7 Å². The molecule has 0 spiro atoms. The second-order valence-electron chi connectivity index (χ2n) is 6.01. The minimum absolute atomic E-state index is 0.207. The van der Waals surface area contributed by atoms with E-state index in [1.54, 1.807) is 18.1 Å². The van der Waals surface area contributed by atoms with E-state index in [1.807, 2.05) is 43.1 Å². The van der Waals surface area contributed by atoms with Crippen LogP contribution in [0.1, 0.15) is 17.4 Å². The average molecular weight is 333 g/mol. The van der Waals surface area contributed by atoms with Crippen LogP contribution in [-0.4, -0.2) is 75.0 Å². The maximum atomic E-state index is 4.36. The van der Waals surface area contributed by atoms with Crippen molar-refractivity contribution >= 4 is 5.96 Å². The summed E-state index contributed by atoms with van der Waals surface area (Å²) in [6.07, 6.45) is 5.50. The van der Waals surface area contributed by atoms with Crippen LogP contribution in [0.25, 0.3) is 0 Å². The summed E-state index contributed by atoms with van der Waals surface area (Å²) < 4.78 is 3.59. The number of aliphatic imine (C=N–C) groups is 1. The van der Waals surface area contributed by atoms with Crippen molar-refractivity contribution < 1.29 is 0 Å². The smallest absolute Gasteiger partial charge is 0.193 e. The Bertz CT molecular complexity index is 670. The highest BCUT2D eigenvalue weighted by Crippen LogP contribution is 2.16. The van der Waals surface area contributed by atoms with E-state index < -0.39 is 0 Å². The first-order valence-corrected chi connectivity index (χ1v) is 7.82. The Morgan fingerprint density at radius 3 is 2.54 bits per heavy atom. The van der Waals surface area contributed by atoms with E-state index in [0.29, 0.717) is 6.54 Å². The number of hydrogen-bond donors (Lipinski definition) is 1. The molecule has 2 heterocycles. The fraction of sp³-hybridized carbons (Fsp3) is 0.600. The minimum Gasteiger partial charge on any atom is -0.354 e. The number of guanidine groups is 1. The van der Waals surface area contributed by atoms with Gasteiger partial charge in [0.2, 0.25) is 0 Å². The zero-order valence-corrected chi connectivity index (χ0v) is 15.3. The van der Waals surface area contributed by atoms with Crippen molar-refractivity contribution in [1.29, 1.82) is 0 Å². The summed E-state index contributed by atoms with van der Waals surface area (Å²) in [6, 6.07) is 0.207. The lowest BCUT2D eigenvalue weighted by molar-refractivity contribution is 0.295. The number of hydrogen-bond acceptors (Lipinski definition) is 5. The molecule has 0 bridgehead atoms. The molecule has 0 radical (unpaired) electrons. The molecule has 0 fully saturated rings. The first-order valence-electron chi connectivity index (χ1n) is 7.82. The molecule has 2 aromatic heterocycles. The van der Waals surface area contributed by atoms with Crippen molar-refractivity contribution in [1.82, 2.24) is 39.7 Å². The van der Waals surface area contributed by atoms with Gasteiger partial charge in [-0.05, 0) is 14.1 Å². The standard InChI is InChI=1S/C15H27N9/c1-16-15(22(4)10-14-18-11-20-24(14)6)17-8-13(21(2)3)12-7-19-23(5)9-12/h7,9,11,13H,8,10H2,1-6H3,(H,16,17). The number of likely N-dealkylation sites (N-methyl/N-ethyl adjacent to an activating group) is 1.